The van der Waals surface area contributed by atoms with Crippen LogP contribution in [0.5, 0.6) is 0 Å². The zero-order valence-electron chi connectivity index (χ0n) is 13.6. The van der Waals surface area contributed by atoms with Crippen molar-refractivity contribution in [2.45, 2.75) is 12.5 Å². The molecular weight excluding hydrogens is 288 g/mol. The van der Waals surface area contributed by atoms with E-state index in [0.717, 1.165) is 51.4 Å². The maximum atomic E-state index is 10.3. The van der Waals surface area contributed by atoms with Crippen LogP contribution < -0.4 is 5.32 Å². The molecule has 23 heavy (non-hydrogen) atoms. The number of aliphatic hydroxyl groups is 1. The first kappa shape index (κ1) is 16.4. The number of aliphatic hydroxyl groups excluding tert-OH is 1. The third-order valence-electron chi connectivity index (χ3n) is 4.43. The van der Waals surface area contributed by atoms with E-state index in [-0.39, 0.29) is 0 Å². The van der Waals surface area contributed by atoms with Crippen LogP contribution in [0.1, 0.15) is 18.1 Å². The number of nitrogens with one attached hydrogen (secondary N) is 1. The van der Waals surface area contributed by atoms with Gasteiger partial charge in [0.25, 0.3) is 0 Å². The van der Waals surface area contributed by atoms with Crippen LogP contribution in [-0.4, -0.2) is 55.9 Å². The number of ether oxygens (including phenoxy) is 1. The minimum Gasteiger partial charge on any atom is -0.387 e. The molecule has 2 aromatic carbocycles. The normalized spacial score (nSPS) is 17.4. The summed E-state index contributed by atoms with van der Waals surface area (Å²) in [6, 6.07) is 14.4. The Morgan fingerprint density at radius 1 is 1.09 bits per heavy atom. The number of hydrogen-bond acceptors (Lipinski definition) is 4. The van der Waals surface area contributed by atoms with Gasteiger partial charge < -0.3 is 15.2 Å². The molecule has 4 nitrogen and oxygen atoms in total. The van der Waals surface area contributed by atoms with Gasteiger partial charge in [0.15, 0.2) is 0 Å². The van der Waals surface area contributed by atoms with Crippen LogP contribution in [-0.2, 0) is 4.74 Å². The molecule has 0 aliphatic carbocycles. The summed E-state index contributed by atoms with van der Waals surface area (Å²) in [4.78, 5) is 2.44. The maximum Gasteiger partial charge on any atom is 0.0914 e. The van der Waals surface area contributed by atoms with E-state index in [2.05, 4.69) is 34.5 Å². The summed E-state index contributed by atoms with van der Waals surface area (Å²) in [5.74, 6) is 0. The van der Waals surface area contributed by atoms with Gasteiger partial charge in [-0.1, -0.05) is 36.4 Å². The monoisotopic (exact) mass is 314 g/mol. The summed E-state index contributed by atoms with van der Waals surface area (Å²) in [6.07, 6.45) is 0.646. The van der Waals surface area contributed by atoms with Crippen molar-refractivity contribution in [3.63, 3.8) is 0 Å². The number of hydrogen-bond donors (Lipinski definition) is 2. The fourth-order valence-electron chi connectivity index (χ4n) is 3.02. The van der Waals surface area contributed by atoms with Crippen LogP contribution in [0.15, 0.2) is 42.5 Å². The maximum absolute atomic E-state index is 10.3. The van der Waals surface area contributed by atoms with E-state index in [9.17, 15) is 5.11 Å². The molecule has 0 aromatic heterocycles. The number of morpholine rings is 1. The number of benzene rings is 2. The predicted octanol–water partition coefficient (Wildman–Crippen LogP) is 2.19. The third-order valence-corrected chi connectivity index (χ3v) is 4.43. The lowest BCUT2D eigenvalue weighted by Gasteiger charge is -2.26. The fourth-order valence-corrected chi connectivity index (χ4v) is 3.02. The minimum absolute atomic E-state index is 0.456. The van der Waals surface area contributed by atoms with Gasteiger partial charge >= 0.3 is 0 Å². The third kappa shape index (κ3) is 4.75. The Labute approximate surface area is 138 Å². The van der Waals surface area contributed by atoms with Crippen molar-refractivity contribution in [1.29, 1.82) is 0 Å². The molecule has 1 aliphatic heterocycles. The van der Waals surface area contributed by atoms with Gasteiger partial charge in [-0.15, -0.1) is 0 Å². The molecule has 1 fully saturated rings. The van der Waals surface area contributed by atoms with Gasteiger partial charge in [-0.2, -0.15) is 0 Å². The van der Waals surface area contributed by atoms with Gasteiger partial charge in [0, 0.05) is 19.6 Å². The van der Waals surface area contributed by atoms with E-state index in [0.29, 0.717) is 6.54 Å². The average molecular weight is 314 g/mol. The topological polar surface area (TPSA) is 44.7 Å². The summed E-state index contributed by atoms with van der Waals surface area (Å²) in [5, 5.41) is 16.1. The Kier molecular flexibility index (Phi) is 6.00. The zero-order valence-corrected chi connectivity index (χ0v) is 13.6. The first-order valence-electron chi connectivity index (χ1n) is 8.50. The van der Waals surface area contributed by atoms with Gasteiger partial charge in [-0.05, 0) is 41.9 Å². The number of nitrogens with zero attached hydrogens (tertiary/aromatic N) is 1. The molecule has 4 heteroatoms. The average Bonchev–Trinajstić information content (AvgIpc) is 2.61. The highest BCUT2D eigenvalue weighted by Gasteiger charge is 2.10. The van der Waals surface area contributed by atoms with Crippen LogP contribution in [0.25, 0.3) is 10.8 Å². The van der Waals surface area contributed by atoms with Gasteiger partial charge in [0.1, 0.15) is 0 Å². The minimum atomic E-state index is -0.456. The van der Waals surface area contributed by atoms with E-state index in [1.165, 1.54) is 10.8 Å². The lowest BCUT2D eigenvalue weighted by molar-refractivity contribution is 0.0373. The molecule has 0 spiro atoms. The van der Waals surface area contributed by atoms with Crippen molar-refractivity contribution < 1.29 is 9.84 Å². The van der Waals surface area contributed by atoms with Crippen molar-refractivity contribution in [3.8, 4) is 0 Å². The van der Waals surface area contributed by atoms with Crippen LogP contribution in [0.4, 0.5) is 0 Å². The smallest absolute Gasteiger partial charge is 0.0914 e. The van der Waals surface area contributed by atoms with E-state index >= 15 is 0 Å². The first-order chi connectivity index (χ1) is 11.3. The van der Waals surface area contributed by atoms with Crippen molar-refractivity contribution >= 4 is 10.8 Å². The summed E-state index contributed by atoms with van der Waals surface area (Å²) in [7, 11) is 0. The summed E-state index contributed by atoms with van der Waals surface area (Å²) < 4.78 is 5.35. The molecular formula is C19H26N2O2. The highest BCUT2D eigenvalue weighted by Crippen LogP contribution is 2.20. The van der Waals surface area contributed by atoms with Gasteiger partial charge in [0.2, 0.25) is 0 Å². The van der Waals surface area contributed by atoms with Crippen LogP contribution in [0.2, 0.25) is 0 Å². The largest absolute Gasteiger partial charge is 0.387 e. The number of rotatable bonds is 7. The lowest BCUT2D eigenvalue weighted by atomic mass is 10.0. The van der Waals surface area contributed by atoms with E-state index in [1.54, 1.807) is 0 Å². The zero-order chi connectivity index (χ0) is 15.9. The second-order valence-electron chi connectivity index (χ2n) is 6.13. The molecule has 0 amide bonds. The summed E-state index contributed by atoms with van der Waals surface area (Å²) in [6.45, 7) is 6.42. The quantitative estimate of drug-likeness (QED) is 0.769. The van der Waals surface area contributed by atoms with Crippen molar-refractivity contribution in [3.05, 3.63) is 48.0 Å². The molecule has 1 saturated heterocycles. The molecule has 1 atom stereocenters. The van der Waals surface area contributed by atoms with Crippen LogP contribution in [0, 0.1) is 0 Å². The molecule has 0 saturated carbocycles. The van der Waals surface area contributed by atoms with Crippen molar-refractivity contribution in [2.24, 2.45) is 0 Å². The predicted molar refractivity (Wildman–Crippen MR) is 93.7 cm³/mol. The Hall–Kier alpha value is -1.46. The molecule has 0 radical (unpaired) electrons. The molecule has 0 bridgehead atoms. The van der Waals surface area contributed by atoms with Crippen molar-refractivity contribution in [2.75, 3.05) is 45.9 Å². The second kappa shape index (κ2) is 8.41. The fraction of sp³-hybridized carbons (Fsp3) is 0.474. The van der Waals surface area contributed by atoms with Crippen LogP contribution in [0.3, 0.4) is 0 Å². The summed E-state index contributed by atoms with van der Waals surface area (Å²) in [5.41, 5.74) is 0.976. The standard InChI is InChI=1S/C19H26N2O2/c22-19(15-20-8-3-9-21-10-12-23-13-11-21)18-7-6-16-4-1-2-5-17(16)14-18/h1-2,4-7,14,19-20,22H,3,8-13,15H2/t19-/m1/s1. The molecule has 124 valence electrons. The summed E-state index contributed by atoms with van der Waals surface area (Å²) >= 11 is 0. The Balaban J connectivity index is 1.40. The van der Waals surface area contributed by atoms with E-state index in [4.69, 9.17) is 4.74 Å². The van der Waals surface area contributed by atoms with Crippen molar-refractivity contribution in [1.82, 2.24) is 10.2 Å². The van der Waals surface area contributed by atoms with E-state index < -0.39 is 6.10 Å². The van der Waals surface area contributed by atoms with Gasteiger partial charge in [-0.3, -0.25) is 4.90 Å². The Bertz CT molecular complexity index is 611. The van der Waals surface area contributed by atoms with Gasteiger partial charge in [-0.25, -0.2) is 0 Å². The van der Waals surface area contributed by atoms with E-state index in [1.807, 2.05) is 18.2 Å². The molecule has 2 aromatic rings. The second-order valence-corrected chi connectivity index (χ2v) is 6.13. The molecule has 3 rings (SSSR count). The lowest BCUT2D eigenvalue weighted by Crippen LogP contribution is -2.37. The Morgan fingerprint density at radius 2 is 1.87 bits per heavy atom. The SMILES string of the molecule is O[C@H](CNCCCN1CCOCC1)c1ccc2ccccc2c1. The molecule has 1 aliphatic rings. The Morgan fingerprint density at radius 3 is 2.70 bits per heavy atom. The first-order valence-corrected chi connectivity index (χ1v) is 8.50. The highest BCUT2D eigenvalue weighted by atomic mass is 16.5. The molecule has 0 unspecified atom stereocenters. The molecule has 2 N–H and O–H groups in total. The van der Waals surface area contributed by atoms with Crippen LogP contribution >= 0.6 is 0 Å². The van der Waals surface area contributed by atoms with Gasteiger partial charge in [0.05, 0.1) is 19.3 Å². The highest BCUT2D eigenvalue weighted by molar-refractivity contribution is 5.83. The molecule has 1 heterocycles. The number of fused-ring (bicyclic) bond motifs is 1.